The Morgan fingerprint density at radius 3 is 2.75 bits per heavy atom. The molecule has 8 nitrogen and oxygen atoms in total. The molecule has 0 fully saturated rings. The van der Waals surface area contributed by atoms with E-state index >= 15 is 0 Å². The van der Waals surface area contributed by atoms with Crippen LogP contribution in [0.5, 0.6) is 0 Å². The number of rotatable bonds is 3. The number of amidine groups is 1. The number of hydrogen-bond acceptors (Lipinski definition) is 5. The number of nitrogens with two attached hydrogens (primary N) is 1. The topological polar surface area (TPSA) is 105 Å². The van der Waals surface area contributed by atoms with E-state index < -0.39 is 30.3 Å². The van der Waals surface area contributed by atoms with Crippen LogP contribution < -0.4 is 5.73 Å². The first-order chi connectivity index (χ1) is 9.38. The minimum atomic E-state index is -0.827. The maximum Gasteiger partial charge on any atom is 0.446 e. The van der Waals surface area contributed by atoms with Crippen LogP contribution in [0.15, 0.2) is 16.3 Å². The lowest BCUT2D eigenvalue weighted by atomic mass is 9.96. The number of primary amides is 1. The summed E-state index contributed by atoms with van der Waals surface area (Å²) in [5.74, 6) is -1.46. The van der Waals surface area contributed by atoms with Crippen molar-refractivity contribution in [3.05, 3.63) is 11.3 Å². The van der Waals surface area contributed by atoms with E-state index in [9.17, 15) is 14.4 Å². The van der Waals surface area contributed by atoms with Crippen molar-refractivity contribution in [3.63, 3.8) is 0 Å². The van der Waals surface area contributed by atoms with Gasteiger partial charge in [0.05, 0.1) is 14.2 Å². The number of carbonyl (C=O) groups is 3. The van der Waals surface area contributed by atoms with Crippen molar-refractivity contribution in [1.82, 2.24) is 4.90 Å². The third-order valence-electron chi connectivity index (χ3n) is 3.21. The predicted octanol–water partition coefficient (Wildman–Crippen LogP) is -0.904. The Balaban J connectivity index is 2.55. The van der Waals surface area contributed by atoms with Crippen molar-refractivity contribution >= 4 is 29.9 Å². The van der Waals surface area contributed by atoms with E-state index in [-0.39, 0.29) is 5.84 Å². The highest BCUT2D eigenvalue weighted by Gasteiger charge is 2.50. The minimum Gasteiger partial charge on any atom is -0.499 e. The highest BCUT2D eigenvalue weighted by atomic mass is 16.5. The van der Waals surface area contributed by atoms with Gasteiger partial charge in [0.1, 0.15) is 12.0 Å². The molecule has 2 N–H and O–H groups in total. The molecule has 0 aromatic rings. The van der Waals surface area contributed by atoms with Gasteiger partial charge in [-0.1, -0.05) is 0 Å². The number of allylic oxidation sites excluding steroid dienone is 1. The summed E-state index contributed by atoms with van der Waals surface area (Å²) in [4.78, 5) is 40.5. The molecule has 0 saturated carbocycles. The second kappa shape index (κ2) is 4.87. The third-order valence-corrected chi connectivity index (χ3v) is 3.21. The number of ether oxygens (including phenoxy) is 1. The first-order valence-electron chi connectivity index (χ1n) is 5.91. The molecule has 0 spiro atoms. The number of urea groups is 1. The van der Waals surface area contributed by atoms with Crippen molar-refractivity contribution in [3.8, 4) is 0 Å². The Labute approximate surface area is 115 Å². The molecule has 2 aliphatic rings. The van der Waals surface area contributed by atoms with Crippen LogP contribution >= 0.6 is 0 Å². The fourth-order valence-electron chi connectivity index (χ4n) is 2.26. The highest BCUT2D eigenvalue weighted by molar-refractivity contribution is 6.16. The molecule has 1 atom stereocenters. The van der Waals surface area contributed by atoms with Crippen LogP contribution in [0.1, 0.15) is 6.92 Å². The van der Waals surface area contributed by atoms with Crippen LogP contribution in [-0.4, -0.2) is 60.1 Å². The molecule has 1 unspecified atom stereocenters. The number of imide groups is 1. The Hall–Kier alpha value is -2.51. The van der Waals surface area contributed by atoms with Crippen molar-refractivity contribution in [2.45, 2.75) is 6.92 Å². The summed E-state index contributed by atoms with van der Waals surface area (Å²) in [7, 11) is 2.92. The number of methoxy groups -OCH3 is 1. The molecule has 2 aliphatic heterocycles. The molecule has 0 aromatic heterocycles. The largest absolute Gasteiger partial charge is 0.499 e. The van der Waals surface area contributed by atoms with E-state index in [1.165, 1.54) is 24.9 Å². The Morgan fingerprint density at radius 2 is 2.20 bits per heavy atom. The van der Waals surface area contributed by atoms with Gasteiger partial charge >= 0.3 is 11.9 Å². The van der Waals surface area contributed by atoms with Gasteiger partial charge in [-0.05, 0) is 6.92 Å². The van der Waals surface area contributed by atoms with Crippen molar-refractivity contribution in [2.24, 2.45) is 16.6 Å². The SMILES string of the molecule is COC1=C(C)C=NC2=[N+](C)C(=O)N(CC(N)=O)C(=O)C12. The summed E-state index contributed by atoms with van der Waals surface area (Å²) >= 11 is 0. The summed E-state index contributed by atoms with van der Waals surface area (Å²) in [6.07, 6.45) is 1.53. The summed E-state index contributed by atoms with van der Waals surface area (Å²) < 4.78 is 6.47. The summed E-state index contributed by atoms with van der Waals surface area (Å²) in [6.45, 7) is 1.28. The average Bonchev–Trinajstić information content (AvgIpc) is 2.40. The van der Waals surface area contributed by atoms with Gasteiger partial charge in [0.25, 0.3) is 11.7 Å². The van der Waals surface area contributed by atoms with Crippen molar-refractivity contribution in [1.29, 1.82) is 0 Å². The predicted molar refractivity (Wildman–Crippen MR) is 69.2 cm³/mol. The van der Waals surface area contributed by atoms with Crippen LogP contribution in [0, 0.1) is 5.92 Å². The summed E-state index contributed by atoms with van der Waals surface area (Å²) in [6, 6.07) is -0.632. The molecule has 106 valence electrons. The van der Waals surface area contributed by atoms with Crippen molar-refractivity contribution < 1.29 is 23.7 Å². The van der Waals surface area contributed by atoms with E-state index in [4.69, 9.17) is 10.5 Å². The van der Waals surface area contributed by atoms with Gasteiger partial charge in [-0.15, -0.1) is 4.99 Å². The number of nitrogens with zero attached hydrogens (tertiary/aromatic N) is 3. The number of amides is 4. The number of aliphatic imine (C=N–C) groups is 1. The Morgan fingerprint density at radius 1 is 1.55 bits per heavy atom. The molecular weight excluding hydrogens is 264 g/mol. The van der Waals surface area contributed by atoms with E-state index in [2.05, 4.69) is 4.99 Å². The molecule has 0 aliphatic carbocycles. The zero-order valence-corrected chi connectivity index (χ0v) is 11.4. The first-order valence-corrected chi connectivity index (χ1v) is 5.91. The van der Waals surface area contributed by atoms with Gasteiger partial charge in [-0.25, -0.2) is 4.79 Å². The molecule has 4 amide bonds. The number of carbonyl (C=O) groups excluding carboxylic acids is 3. The van der Waals surface area contributed by atoms with Gasteiger partial charge in [-0.3, -0.25) is 9.59 Å². The Bertz CT molecular complexity index is 603. The van der Waals surface area contributed by atoms with E-state index in [1.54, 1.807) is 6.92 Å². The molecule has 8 heteroatoms. The Kier molecular flexibility index (Phi) is 3.39. The number of fused-ring (bicyclic) bond motifs is 1. The molecule has 0 aromatic carbocycles. The maximum absolute atomic E-state index is 12.4. The molecule has 20 heavy (non-hydrogen) atoms. The first kappa shape index (κ1) is 13.9. The molecule has 2 heterocycles. The fourth-order valence-corrected chi connectivity index (χ4v) is 2.26. The quantitative estimate of drug-likeness (QED) is 0.675. The monoisotopic (exact) mass is 279 g/mol. The lowest BCUT2D eigenvalue weighted by molar-refractivity contribution is -0.408. The van der Waals surface area contributed by atoms with Crippen molar-refractivity contribution in [2.75, 3.05) is 20.7 Å². The standard InChI is InChI=1S/C12H14N4O4/c1-6-4-14-10-8(9(6)20-3)11(18)16(5-7(13)17)12(19)15(10)2/h4,8H,5H2,1-3H3,(H-,13,17)/p+1. The van der Waals surface area contributed by atoms with Crippen LogP contribution in [0.25, 0.3) is 0 Å². The minimum absolute atomic E-state index is 0.281. The molecule has 0 saturated heterocycles. The molecule has 2 rings (SSSR count). The summed E-state index contributed by atoms with van der Waals surface area (Å²) in [5.41, 5.74) is 5.76. The zero-order valence-electron chi connectivity index (χ0n) is 11.4. The van der Waals surface area contributed by atoms with E-state index in [1.807, 2.05) is 0 Å². The van der Waals surface area contributed by atoms with Crippen LogP contribution in [0.4, 0.5) is 4.79 Å². The fraction of sp³-hybridized carbons (Fsp3) is 0.417. The summed E-state index contributed by atoms with van der Waals surface area (Å²) in [5, 5.41) is 0. The second-order valence-corrected chi connectivity index (χ2v) is 4.53. The smallest absolute Gasteiger partial charge is 0.446 e. The van der Waals surface area contributed by atoms with Crippen LogP contribution in [0.2, 0.25) is 0 Å². The lowest BCUT2D eigenvalue weighted by Crippen LogP contribution is -2.56. The third kappa shape index (κ3) is 1.98. The molecule has 0 radical (unpaired) electrons. The van der Waals surface area contributed by atoms with Crippen LogP contribution in [0.3, 0.4) is 0 Å². The van der Waals surface area contributed by atoms with Crippen LogP contribution in [-0.2, 0) is 14.3 Å². The van der Waals surface area contributed by atoms with Gasteiger partial charge in [0.15, 0.2) is 12.5 Å². The number of dihydropyridines is 1. The lowest BCUT2D eigenvalue weighted by Gasteiger charge is -2.28. The van der Waals surface area contributed by atoms with Gasteiger partial charge in [0, 0.05) is 5.57 Å². The van der Waals surface area contributed by atoms with E-state index in [0.717, 1.165) is 4.90 Å². The highest BCUT2D eigenvalue weighted by Crippen LogP contribution is 2.27. The number of hydrogen-bond donors (Lipinski definition) is 1. The normalized spacial score (nSPS) is 22.4. The second-order valence-electron chi connectivity index (χ2n) is 4.53. The zero-order chi connectivity index (χ0) is 15.0. The van der Waals surface area contributed by atoms with E-state index in [0.29, 0.717) is 11.3 Å². The molecule has 0 bridgehead atoms. The van der Waals surface area contributed by atoms with Gasteiger partial charge < -0.3 is 10.5 Å². The van der Waals surface area contributed by atoms with Gasteiger partial charge in [0.2, 0.25) is 0 Å². The van der Waals surface area contributed by atoms with Gasteiger partial charge in [-0.2, -0.15) is 9.48 Å². The molecular formula is C12H15N4O4+. The maximum atomic E-state index is 12.4. The average molecular weight is 279 g/mol.